The Morgan fingerprint density at radius 2 is 1.59 bits per heavy atom. The van der Waals surface area contributed by atoms with Crippen molar-refractivity contribution in [2.45, 2.75) is 50.2 Å². The summed E-state index contributed by atoms with van der Waals surface area (Å²) in [6.07, 6.45) is -8.59. The van der Waals surface area contributed by atoms with Crippen molar-refractivity contribution < 1.29 is 44.9 Å². The second-order valence-electron chi connectivity index (χ2n) is 4.73. The minimum Gasteiger partial charge on any atom is -0.396 e. The maximum Gasteiger partial charge on any atom is 0.249 e. The molecule has 132 valence electrons. The zero-order valence-corrected chi connectivity index (χ0v) is 12.3. The summed E-state index contributed by atoms with van der Waals surface area (Å²) >= 11 is 0. The standard InChI is InChI=1S/C12H25NO9/c1-6(17)8(4-15)22-9(5-16)21-7(2-3-14)10(18)11(19)12(13)20/h6-11,14-19H,2-5H2,1H3,(H2,13,20)/t6-,7+,8?,9-,10-,11+/m0/s1. The minimum atomic E-state index is -1.93. The number of hydrogen-bond donors (Lipinski definition) is 7. The van der Waals surface area contributed by atoms with Crippen molar-refractivity contribution in [3.8, 4) is 0 Å². The van der Waals surface area contributed by atoms with E-state index in [-0.39, 0.29) is 6.42 Å². The second kappa shape index (κ2) is 10.8. The molecule has 22 heavy (non-hydrogen) atoms. The van der Waals surface area contributed by atoms with Crippen LogP contribution < -0.4 is 5.73 Å². The van der Waals surface area contributed by atoms with Gasteiger partial charge in [0.25, 0.3) is 0 Å². The summed E-state index contributed by atoms with van der Waals surface area (Å²) in [6.45, 7) is -0.323. The zero-order valence-electron chi connectivity index (χ0n) is 12.3. The van der Waals surface area contributed by atoms with Crippen LogP contribution >= 0.6 is 0 Å². The Labute approximate surface area is 127 Å². The van der Waals surface area contributed by atoms with Crippen LogP contribution in [0.1, 0.15) is 13.3 Å². The first-order valence-corrected chi connectivity index (χ1v) is 6.75. The molecule has 0 aromatic carbocycles. The van der Waals surface area contributed by atoms with Crippen molar-refractivity contribution in [2.24, 2.45) is 5.73 Å². The monoisotopic (exact) mass is 327 g/mol. The Balaban J connectivity index is 4.84. The smallest absolute Gasteiger partial charge is 0.249 e. The van der Waals surface area contributed by atoms with Crippen LogP contribution in [-0.4, -0.2) is 93.2 Å². The molecule has 0 aliphatic carbocycles. The van der Waals surface area contributed by atoms with Crippen LogP contribution in [0, 0.1) is 0 Å². The highest BCUT2D eigenvalue weighted by Gasteiger charge is 2.33. The van der Waals surface area contributed by atoms with Crippen LogP contribution in [0.15, 0.2) is 0 Å². The number of aliphatic hydroxyl groups excluding tert-OH is 6. The summed E-state index contributed by atoms with van der Waals surface area (Å²) in [4.78, 5) is 10.9. The molecule has 0 aromatic heterocycles. The third-order valence-electron chi connectivity index (χ3n) is 2.93. The molecule has 0 bridgehead atoms. The number of primary amides is 1. The fourth-order valence-electron chi connectivity index (χ4n) is 1.64. The van der Waals surface area contributed by atoms with E-state index in [2.05, 4.69) is 0 Å². The Hall–Kier alpha value is -0.850. The van der Waals surface area contributed by atoms with E-state index in [1.807, 2.05) is 0 Å². The second-order valence-corrected chi connectivity index (χ2v) is 4.73. The number of ether oxygens (including phenoxy) is 2. The van der Waals surface area contributed by atoms with Gasteiger partial charge in [-0.05, 0) is 13.3 Å². The zero-order chi connectivity index (χ0) is 17.3. The molecular formula is C12H25NO9. The Morgan fingerprint density at radius 1 is 1.05 bits per heavy atom. The van der Waals surface area contributed by atoms with Gasteiger partial charge in [-0.15, -0.1) is 0 Å². The lowest BCUT2D eigenvalue weighted by Gasteiger charge is -2.31. The van der Waals surface area contributed by atoms with E-state index in [9.17, 15) is 25.2 Å². The molecular weight excluding hydrogens is 302 g/mol. The predicted octanol–water partition coefficient (Wildman–Crippen LogP) is -3.96. The molecule has 0 spiro atoms. The third kappa shape index (κ3) is 6.94. The average Bonchev–Trinajstić information content (AvgIpc) is 2.48. The van der Waals surface area contributed by atoms with Crippen LogP contribution in [0.5, 0.6) is 0 Å². The molecule has 10 nitrogen and oxygen atoms in total. The van der Waals surface area contributed by atoms with Crippen LogP contribution in [0.4, 0.5) is 0 Å². The number of carbonyl (C=O) groups is 1. The average molecular weight is 327 g/mol. The lowest BCUT2D eigenvalue weighted by molar-refractivity contribution is -0.248. The molecule has 0 aliphatic heterocycles. The summed E-state index contributed by atoms with van der Waals surface area (Å²) in [6, 6.07) is 0. The van der Waals surface area contributed by atoms with Gasteiger partial charge in [0.05, 0.1) is 25.4 Å². The van der Waals surface area contributed by atoms with E-state index in [0.29, 0.717) is 0 Å². The quantitative estimate of drug-likeness (QED) is 0.176. The first-order valence-electron chi connectivity index (χ1n) is 6.75. The molecule has 10 heteroatoms. The molecule has 1 unspecified atom stereocenters. The van der Waals surface area contributed by atoms with E-state index < -0.39 is 62.5 Å². The van der Waals surface area contributed by atoms with Gasteiger partial charge in [-0.1, -0.05) is 0 Å². The molecule has 0 saturated carbocycles. The van der Waals surface area contributed by atoms with Gasteiger partial charge in [0.1, 0.15) is 12.2 Å². The number of aliphatic hydroxyl groups is 6. The number of rotatable bonds is 12. The molecule has 8 N–H and O–H groups in total. The predicted molar refractivity (Wildman–Crippen MR) is 72.3 cm³/mol. The molecule has 0 saturated heterocycles. The Morgan fingerprint density at radius 3 is 1.95 bits per heavy atom. The van der Waals surface area contributed by atoms with E-state index in [0.717, 1.165) is 0 Å². The number of nitrogens with two attached hydrogens (primary N) is 1. The summed E-state index contributed by atoms with van der Waals surface area (Å²) < 4.78 is 10.3. The maximum atomic E-state index is 10.9. The van der Waals surface area contributed by atoms with Gasteiger partial charge >= 0.3 is 0 Å². The molecule has 0 aliphatic rings. The van der Waals surface area contributed by atoms with Gasteiger partial charge in [-0.25, -0.2) is 0 Å². The topological polar surface area (TPSA) is 183 Å². The summed E-state index contributed by atoms with van der Waals surface area (Å²) in [5.74, 6) is -1.18. The molecule has 0 rings (SSSR count). The van der Waals surface area contributed by atoms with Gasteiger partial charge in [0.2, 0.25) is 5.91 Å². The van der Waals surface area contributed by atoms with Gasteiger partial charge in [0.15, 0.2) is 12.4 Å². The summed E-state index contributed by atoms with van der Waals surface area (Å²) in [5, 5.41) is 55.7. The number of amides is 1. The SMILES string of the molecule is C[C@H](O)C(CO)O[C@@H](CO)O[C@H](CCO)[C@H](O)[C@@H](O)C(N)=O. The van der Waals surface area contributed by atoms with Gasteiger partial charge in [-0.3, -0.25) is 4.79 Å². The molecule has 1 amide bonds. The van der Waals surface area contributed by atoms with Gasteiger partial charge in [-0.2, -0.15) is 0 Å². The first-order chi connectivity index (χ1) is 10.3. The van der Waals surface area contributed by atoms with Crippen LogP contribution in [0.2, 0.25) is 0 Å². The number of hydrogen-bond acceptors (Lipinski definition) is 9. The molecule has 6 atom stereocenters. The van der Waals surface area contributed by atoms with Crippen molar-refractivity contribution in [1.82, 2.24) is 0 Å². The molecule has 0 fully saturated rings. The van der Waals surface area contributed by atoms with E-state index >= 15 is 0 Å². The van der Waals surface area contributed by atoms with Crippen molar-refractivity contribution in [2.75, 3.05) is 19.8 Å². The van der Waals surface area contributed by atoms with Crippen molar-refractivity contribution in [3.63, 3.8) is 0 Å². The van der Waals surface area contributed by atoms with Crippen LogP contribution in [0.3, 0.4) is 0 Å². The third-order valence-corrected chi connectivity index (χ3v) is 2.93. The number of carbonyl (C=O) groups excluding carboxylic acids is 1. The lowest BCUT2D eigenvalue weighted by atomic mass is 10.0. The van der Waals surface area contributed by atoms with Crippen LogP contribution in [0.25, 0.3) is 0 Å². The van der Waals surface area contributed by atoms with Crippen molar-refractivity contribution in [1.29, 1.82) is 0 Å². The maximum absolute atomic E-state index is 10.9. The normalized spacial score (nSPS) is 20.0. The van der Waals surface area contributed by atoms with Gasteiger partial charge in [0, 0.05) is 6.61 Å². The fraction of sp³-hybridized carbons (Fsp3) is 0.917. The largest absolute Gasteiger partial charge is 0.396 e. The summed E-state index contributed by atoms with van der Waals surface area (Å²) in [5.41, 5.74) is 4.86. The van der Waals surface area contributed by atoms with Crippen molar-refractivity contribution >= 4 is 5.91 Å². The van der Waals surface area contributed by atoms with Gasteiger partial charge < -0.3 is 45.8 Å². The van der Waals surface area contributed by atoms with Crippen LogP contribution in [-0.2, 0) is 14.3 Å². The highest BCUT2D eigenvalue weighted by Crippen LogP contribution is 2.14. The van der Waals surface area contributed by atoms with Crippen molar-refractivity contribution in [3.05, 3.63) is 0 Å². The van der Waals surface area contributed by atoms with E-state index in [1.54, 1.807) is 0 Å². The van der Waals surface area contributed by atoms with E-state index in [4.69, 9.17) is 25.4 Å². The fourth-order valence-corrected chi connectivity index (χ4v) is 1.64. The Kier molecular flexibility index (Phi) is 10.4. The highest BCUT2D eigenvalue weighted by molar-refractivity contribution is 5.79. The summed E-state index contributed by atoms with van der Waals surface area (Å²) in [7, 11) is 0. The first kappa shape index (κ1) is 21.1. The van der Waals surface area contributed by atoms with E-state index in [1.165, 1.54) is 6.92 Å². The highest BCUT2D eigenvalue weighted by atomic mass is 16.7. The minimum absolute atomic E-state index is 0.177. The molecule has 0 radical (unpaired) electrons. The molecule has 0 aromatic rings. The Bertz CT molecular complexity index is 315. The molecule has 0 heterocycles. The lowest BCUT2D eigenvalue weighted by Crippen LogP contribution is -2.49.